The van der Waals surface area contributed by atoms with Crippen molar-refractivity contribution in [2.24, 2.45) is 0 Å². The van der Waals surface area contributed by atoms with E-state index in [0.717, 1.165) is 23.3 Å². The van der Waals surface area contributed by atoms with Crippen LogP contribution in [-0.4, -0.2) is 31.5 Å². The molecular weight excluding hydrogens is 360 g/mol. The maximum atomic E-state index is 5.50. The summed E-state index contributed by atoms with van der Waals surface area (Å²) in [4.78, 5) is 4.55. The number of benzene rings is 2. The number of nitrogens with zero attached hydrogens (tertiary/aromatic N) is 2. The summed E-state index contributed by atoms with van der Waals surface area (Å²) >= 11 is 0. The van der Waals surface area contributed by atoms with Crippen LogP contribution in [0, 0.1) is 0 Å². The van der Waals surface area contributed by atoms with Crippen LogP contribution in [-0.2, 0) is 0 Å². The summed E-state index contributed by atoms with van der Waals surface area (Å²) < 4.78 is 21.4. The van der Waals surface area contributed by atoms with Crippen LogP contribution in [0.2, 0.25) is 0 Å². The number of ether oxygens (including phenoxy) is 3. The smallest absolute Gasteiger partial charge is 0.245 e. The van der Waals surface area contributed by atoms with Crippen LogP contribution in [0.3, 0.4) is 0 Å². The number of hydrazine groups is 1. The molecule has 146 valence electrons. The molecule has 0 bridgehead atoms. The molecule has 4 rings (SSSR count). The van der Waals surface area contributed by atoms with Crippen LogP contribution in [0.4, 0.5) is 0 Å². The summed E-state index contributed by atoms with van der Waals surface area (Å²) in [6.07, 6.45) is 0.779. The largest absolute Gasteiger partial charge is 0.497 e. The van der Waals surface area contributed by atoms with Gasteiger partial charge in [-0.1, -0.05) is 17.3 Å². The van der Waals surface area contributed by atoms with Gasteiger partial charge in [-0.2, -0.15) is 4.98 Å². The van der Waals surface area contributed by atoms with Crippen molar-refractivity contribution in [2.45, 2.75) is 18.5 Å². The van der Waals surface area contributed by atoms with E-state index in [1.54, 1.807) is 21.3 Å². The van der Waals surface area contributed by atoms with Crippen LogP contribution in [0.25, 0.3) is 11.4 Å². The second-order valence-corrected chi connectivity index (χ2v) is 6.43. The standard InChI is InChI=1S/C20H22N4O4/c1-25-14-6-4-5-12(9-14)15-11-16(23-22-15)20-21-19(24-28-20)13-7-8-17(26-2)18(10-13)27-3/h4-10,15-16,22-23H,11H2,1-3H3. The van der Waals surface area contributed by atoms with E-state index in [4.69, 9.17) is 18.7 Å². The summed E-state index contributed by atoms with van der Waals surface area (Å²) in [5, 5.41) is 4.12. The zero-order valence-electron chi connectivity index (χ0n) is 15.9. The van der Waals surface area contributed by atoms with Crippen LogP contribution < -0.4 is 25.1 Å². The van der Waals surface area contributed by atoms with Gasteiger partial charge in [-0.25, -0.2) is 10.9 Å². The Morgan fingerprint density at radius 1 is 0.929 bits per heavy atom. The topological polar surface area (TPSA) is 90.7 Å². The monoisotopic (exact) mass is 382 g/mol. The molecule has 0 spiro atoms. The third kappa shape index (κ3) is 3.51. The maximum Gasteiger partial charge on any atom is 0.245 e. The third-order valence-corrected chi connectivity index (χ3v) is 4.78. The van der Waals surface area contributed by atoms with Crippen molar-refractivity contribution in [3.05, 3.63) is 53.9 Å². The predicted octanol–water partition coefficient (Wildman–Crippen LogP) is 3.04. The molecule has 0 radical (unpaired) electrons. The van der Waals surface area contributed by atoms with Crippen LogP contribution in [0.15, 0.2) is 47.0 Å². The highest BCUT2D eigenvalue weighted by Gasteiger charge is 2.30. The SMILES string of the molecule is COc1cccc(C2CC(c3nc(-c4ccc(OC)c(OC)c4)no3)NN2)c1. The fourth-order valence-electron chi connectivity index (χ4n) is 3.26. The van der Waals surface area contributed by atoms with Gasteiger partial charge in [0, 0.05) is 11.6 Å². The average Bonchev–Trinajstić information content (AvgIpc) is 3.43. The van der Waals surface area contributed by atoms with E-state index in [2.05, 4.69) is 27.1 Å². The molecule has 2 unspecified atom stereocenters. The molecule has 1 aliphatic heterocycles. The number of aromatic nitrogens is 2. The lowest BCUT2D eigenvalue weighted by molar-refractivity contribution is 0.340. The number of hydrogen-bond acceptors (Lipinski definition) is 8. The van der Waals surface area contributed by atoms with Crippen molar-refractivity contribution >= 4 is 0 Å². The van der Waals surface area contributed by atoms with Gasteiger partial charge in [0.2, 0.25) is 11.7 Å². The number of rotatable bonds is 6. The molecule has 1 saturated heterocycles. The zero-order chi connectivity index (χ0) is 19.5. The van der Waals surface area contributed by atoms with Crippen molar-refractivity contribution in [3.63, 3.8) is 0 Å². The van der Waals surface area contributed by atoms with Gasteiger partial charge >= 0.3 is 0 Å². The summed E-state index contributed by atoms with van der Waals surface area (Å²) in [6.45, 7) is 0. The first-order chi connectivity index (χ1) is 13.7. The first-order valence-electron chi connectivity index (χ1n) is 8.93. The van der Waals surface area contributed by atoms with Crippen molar-refractivity contribution in [3.8, 4) is 28.6 Å². The molecule has 1 fully saturated rings. The summed E-state index contributed by atoms with van der Waals surface area (Å²) in [5.74, 6) is 3.13. The van der Waals surface area contributed by atoms with Gasteiger partial charge in [0.05, 0.1) is 21.3 Å². The van der Waals surface area contributed by atoms with E-state index in [-0.39, 0.29) is 12.1 Å². The first-order valence-corrected chi connectivity index (χ1v) is 8.93. The second kappa shape index (κ2) is 7.87. The highest BCUT2D eigenvalue weighted by molar-refractivity contribution is 5.60. The molecule has 0 aliphatic carbocycles. The Kier molecular flexibility index (Phi) is 5.14. The Bertz CT molecular complexity index is 959. The molecule has 2 atom stereocenters. The van der Waals surface area contributed by atoms with Crippen LogP contribution in [0.5, 0.6) is 17.2 Å². The van der Waals surface area contributed by atoms with E-state index in [0.29, 0.717) is 23.2 Å². The lowest BCUT2D eigenvalue weighted by Crippen LogP contribution is -2.26. The normalized spacial score (nSPS) is 18.8. The molecular formula is C20H22N4O4. The Labute approximate surface area is 162 Å². The van der Waals surface area contributed by atoms with Gasteiger partial charge in [0.1, 0.15) is 11.8 Å². The Balaban J connectivity index is 1.50. The van der Waals surface area contributed by atoms with Crippen LogP contribution in [0.1, 0.15) is 30.0 Å². The van der Waals surface area contributed by atoms with Gasteiger partial charge in [-0.3, -0.25) is 0 Å². The van der Waals surface area contributed by atoms with Crippen molar-refractivity contribution in [2.75, 3.05) is 21.3 Å². The molecule has 1 aliphatic rings. The minimum atomic E-state index is -0.0856. The third-order valence-electron chi connectivity index (χ3n) is 4.78. The van der Waals surface area contributed by atoms with Gasteiger partial charge in [0.25, 0.3) is 0 Å². The van der Waals surface area contributed by atoms with Gasteiger partial charge in [-0.15, -0.1) is 0 Å². The Hall–Kier alpha value is -3.10. The summed E-state index contributed by atoms with van der Waals surface area (Å²) in [6, 6.07) is 13.5. The van der Waals surface area contributed by atoms with E-state index in [1.165, 1.54) is 0 Å². The summed E-state index contributed by atoms with van der Waals surface area (Å²) in [5.41, 5.74) is 8.45. The fourth-order valence-corrected chi connectivity index (χ4v) is 3.26. The van der Waals surface area contributed by atoms with E-state index in [9.17, 15) is 0 Å². The molecule has 0 amide bonds. The molecule has 2 N–H and O–H groups in total. The van der Waals surface area contributed by atoms with Crippen molar-refractivity contribution < 1.29 is 18.7 Å². The lowest BCUT2D eigenvalue weighted by Gasteiger charge is -2.10. The Morgan fingerprint density at radius 3 is 2.54 bits per heavy atom. The molecule has 2 aromatic carbocycles. The van der Waals surface area contributed by atoms with Gasteiger partial charge in [0.15, 0.2) is 11.5 Å². The van der Waals surface area contributed by atoms with Crippen LogP contribution >= 0.6 is 0 Å². The number of nitrogens with one attached hydrogen (secondary N) is 2. The average molecular weight is 382 g/mol. The number of methoxy groups -OCH3 is 3. The number of hydrogen-bond donors (Lipinski definition) is 2. The first kappa shape index (κ1) is 18.3. The van der Waals surface area contributed by atoms with E-state index >= 15 is 0 Å². The van der Waals surface area contributed by atoms with Gasteiger partial charge < -0.3 is 18.7 Å². The quantitative estimate of drug-likeness (QED) is 0.672. The van der Waals surface area contributed by atoms with Crippen molar-refractivity contribution in [1.82, 2.24) is 21.0 Å². The highest BCUT2D eigenvalue weighted by Crippen LogP contribution is 2.34. The summed E-state index contributed by atoms with van der Waals surface area (Å²) in [7, 11) is 4.86. The molecule has 1 aromatic heterocycles. The van der Waals surface area contributed by atoms with Crippen molar-refractivity contribution in [1.29, 1.82) is 0 Å². The Morgan fingerprint density at radius 2 is 1.75 bits per heavy atom. The zero-order valence-corrected chi connectivity index (χ0v) is 15.9. The fraction of sp³-hybridized carbons (Fsp3) is 0.300. The maximum absolute atomic E-state index is 5.50. The minimum Gasteiger partial charge on any atom is -0.497 e. The molecule has 8 nitrogen and oxygen atoms in total. The molecule has 8 heteroatoms. The minimum absolute atomic E-state index is 0.0856. The second-order valence-electron chi connectivity index (χ2n) is 6.43. The molecule has 0 saturated carbocycles. The van der Waals surface area contributed by atoms with Gasteiger partial charge in [-0.05, 0) is 42.3 Å². The molecule has 28 heavy (non-hydrogen) atoms. The lowest BCUT2D eigenvalue weighted by atomic mass is 10.0. The molecule has 2 heterocycles. The highest BCUT2D eigenvalue weighted by atomic mass is 16.5. The van der Waals surface area contributed by atoms with E-state index < -0.39 is 0 Å². The van der Waals surface area contributed by atoms with E-state index in [1.807, 2.05) is 36.4 Å². The molecule has 3 aromatic rings. The predicted molar refractivity (Wildman–Crippen MR) is 102 cm³/mol.